The number of hydrogen-bond donors (Lipinski definition) is 2. The van der Waals surface area contributed by atoms with E-state index in [4.69, 9.17) is 11.5 Å². The van der Waals surface area contributed by atoms with Crippen molar-refractivity contribution < 1.29 is 17.1 Å². The maximum absolute atomic E-state index is 5.77. The van der Waals surface area contributed by atoms with Crippen LogP contribution in [0.1, 0.15) is 0 Å². The van der Waals surface area contributed by atoms with Crippen LogP contribution in [0.3, 0.4) is 0 Å². The fraction of sp³-hybridized carbons (Fsp3) is 0. The summed E-state index contributed by atoms with van der Waals surface area (Å²) in [5.41, 5.74) is 13.1. The Morgan fingerprint density at radius 1 is 0.692 bits per heavy atom. The minimum absolute atomic E-state index is 0. The van der Waals surface area contributed by atoms with E-state index < -0.39 is 0 Å². The summed E-state index contributed by atoms with van der Waals surface area (Å²) in [5.74, 6) is 0. The monoisotopic (exact) mass is 221 g/mol. The number of rotatable bonds is 0. The summed E-state index contributed by atoms with van der Waals surface area (Å²) in [6.45, 7) is 0. The Labute approximate surface area is 87.4 Å². The number of anilines is 2. The summed E-state index contributed by atoms with van der Waals surface area (Å²) in [5, 5.41) is 2.05. The van der Waals surface area contributed by atoms with Crippen LogP contribution in [0.4, 0.5) is 11.4 Å². The van der Waals surface area contributed by atoms with E-state index in [1.165, 1.54) is 0 Å². The van der Waals surface area contributed by atoms with Crippen LogP contribution in [-0.2, 0) is 17.1 Å². The second kappa shape index (κ2) is 3.69. The molecule has 0 aliphatic rings. The molecule has 0 saturated carbocycles. The second-order valence-electron chi connectivity index (χ2n) is 2.79. The molecule has 2 aromatic carbocycles. The average Bonchev–Trinajstić information content (AvgIpc) is 2.07. The van der Waals surface area contributed by atoms with Gasteiger partial charge in [0.25, 0.3) is 0 Å². The Bertz CT molecular complexity index is 385. The first-order valence-corrected chi connectivity index (χ1v) is 3.82. The zero-order chi connectivity index (χ0) is 8.55. The molecule has 0 aliphatic carbocycles. The number of nitrogen functional groups attached to an aromatic ring is 2. The van der Waals surface area contributed by atoms with Crippen molar-refractivity contribution >= 4 is 22.1 Å². The SMILES string of the molecule is Nc1cccc2c(N)cccc12.[Cu]. The molecule has 2 aromatic rings. The van der Waals surface area contributed by atoms with Crippen molar-refractivity contribution in [3.8, 4) is 0 Å². The first kappa shape index (κ1) is 9.90. The van der Waals surface area contributed by atoms with Crippen molar-refractivity contribution in [3.05, 3.63) is 36.4 Å². The van der Waals surface area contributed by atoms with Gasteiger partial charge in [0.05, 0.1) is 0 Å². The zero-order valence-corrected chi connectivity index (χ0v) is 7.86. The summed E-state index contributed by atoms with van der Waals surface area (Å²) in [4.78, 5) is 0. The Hall–Kier alpha value is -1.18. The van der Waals surface area contributed by atoms with Gasteiger partial charge in [-0.15, -0.1) is 0 Å². The molecule has 0 spiro atoms. The third-order valence-electron chi connectivity index (χ3n) is 1.99. The molecule has 0 aromatic heterocycles. The summed E-state index contributed by atoms with van der Waals surface area (Å²) >= 11 is 0. The standard InChI is InChI=1S/C10H10N2.Cu/c11-9-5-1-3-7-8(9)4-2-6-10(7)12;/h1-6H,11-12H2;. The van der Waals surface area contributed by atoms with Gasteiger partial charge in [-0.3, -0.25) is 0 Å². The summed E-state index contributed by atoms with van der Waals surface area (Å²) in [7, 11) is 0. The van der Waals surface area contributed by atoms with Crippen molar-refractivity contribution in [1.82, 2.24) is 0 Å². The molecule has 0 aliphatic heterocycles. The van der Waals surface area contributed by atoms with Crippen molar-refractivity contribution in [1.29, 1.82) is 0 Å². The first-order valence-electron chi connectivity index (χ1n) is 3.82. The van der Waals surface area contributed by atoms with Gasteiger partial charge < -0.3 is 11.5 Å². The smallest absolute Gasteiger partial charge is 0.0394 e. The van der Waals surface area contributed by atoms with E-state index >= 15 is 0 Å². The van der Waals surface area contributed by atoms with Crippen molar-refractivity contribution in [2.75, 3.05) is 11.5 Å². The number of fused-ring (bicyclic) bond motifs is 1. The summed E-state index contributed by atoms with van der Waals surface area (Å²) < 4.78 is 0. The summed E-state index contributed by atoms with van der Waals surface area (Å²) in [6.07, 6.45) is 0. The van der Waals surface area contributed by atoms with Gasteiger partial charge in [0.15, 0.2) is 0 Å². The van der Waals surface area contributed by atoms with Gasteiger partial charge in [-0.2, -0.15) is 0 Å². The molecule has 0 amide bonds. The molecule has 13 heavy (non-hydrogen) atoms. The molecule has 0 heterocycles. The van der Waals surface area contributed by atoms with E-state index in [-0.39, 0.29) is 17.1 Å². The molecule has 1 radical (unpaired) electrons. The van der Waals surface area contributed by atoms with E-state index in [1.807, 2.05) is 36.4 Å². The van der Waals surface area contributed by atoms with E-state index in [9.17, 15) is 0 Å². The van der Waals surface area contributed by atoms with Crippen LogP contribution in [0.25, 0.3) is 10.8 Å². The fourth-order valence-corrected chi connectivity index (χ4v) is 1.36. The van der Waals surface area contributed by atoms with E-state index in [2.05, 4.69) is 0 Å². The molecule has 3 heteroatoms. The van der Waals surface area contributed by atoms with Gasteiger partial charge in [0.1, 0.15) is 0 Å². The Morgan fingerprint density at radius 3 is 1.46 bits per heavy atom. The van der Waals surface area contributed by atoms with Gasteiger partial charge >= 0.3 is 0 Å². The van der Waals surface area contributed by atoms with Crippen LogP contribution in [0.15, 0.2) is 36.4 Å². The van der Waals surface area contributed by atoms with Crippen LogP contribution < -0.4 is 11.5 Å². The number of benzene rings is 2. The minimum atomic E-state index is 0. The Balaban J connectivity index is 0.000000845. The van der Waals surface area contributed by atoms with Crippen LogP contribution >= 0.6 is 0 Å². The molecule has 0 unspecified atom stereocenters. The molecule has 0 saturated heterocycles. The topological polar surface area (TPSA) is 52.0 Å². The minimum Gasteiger partial charge on any atom is -0.398 e. The van der Waals surface area contributed by atoms with Crippen LogP contribution in [0.2, 0.25) is 0 Å². The van der Waals surface area contributed by atoms with Gasteiger partial charge in [-0.25, -0.2) is 0 Å². The third kappa shape index (κ3) is 1.62. The van der Waals surface area contributed by atoms with E-state index in [0.29, 0.717) is 0 Å². The van der Waals surface area contributed by atoms with Gasteiger partial charge in [0.2, 0.25) is 0 Å². The molecule has 0 bridgehead atoms. The van der Waals surface area contributed by atoms with Crippen molar-refractivity contribution in [2.45, 2.75) is 0 Å². The third-order valence-corrected chi connectivity index (χ3v) is 1.99. The van der Waals surface area contributed by atoms with Gasteiger partial charge in [-0.05, 0) is 12.1 Å². The van der Waals surface area contributed by atoms with Gasteiger partial charge in [0, 0.05) is 39.2 Å². The second-order valence-corrected chi connectivity index (χ2v) is 2.79. The molecule has 2 rings (SSSR count). The van der Waals surface area contributed by atoms with Crippen molar-refractivity contribution in [3.63, 3.8) is 0 Å². The first-order chi connectivity index (χ1) is 5.79. The molecular formula is C10H10CuN2. The molecular weight excluding hydrogens is 212 g/mol. The van der Waals surface area contributed by atoms with Gasteiger partial charge in [-0.1, -0.05) is 24.3 Å². The van der Waals surface area contributed by atoms with Crippen LogP contribution in [0.5, 0.6) is 0 Å². The van der Waals surface area contributed by atoms with Crippen molar-refractivity contribution in [2.24, 2.45) is 0 Å². The number of hydrogen-bond acceptors (Lipinski definition) is 2. The zero-order valence-electron chi connectivity index (χ0n) is 6.92. The molecule has 2 nitrogen and oxygen atoms in total. The maximum atomic E-state index is 5.77. The molecule has 0 atom stereocenters. The normalized spacial score (nSPS) is 9.54. The quantitative estimate of drug-likeness (QED) is 0.528. The maximum Gasteiger partial charge on any atom is 0.0394 e. The summed E-state index contributed by atoms with van der Waals surface area (Å²) in [6, 6.07) is 11.5. The van der Waals surface area contributed by atoms with E-state index in [1.54, 1.807) is 0 Å². The number of nitrogens with two attached hydrogens (primary N) is 2. The molecule has 0 fully saturated rings. The molecule has 4 N–H and O–H groups in total. The Kier molecular flexibility index (Phi) is 2.81. The molecule has 71 valence electrons. The predicted molar refractivity (Wildman–Crippen MR) is 52.8 cm³/mol. The Morgan fingerprint density at radius 2 is 1.08 bits per heavy atom. The predicted octanol–water partition coefficient (Wildman–Crippen LogP) is 2.00. The average molecular weight is 222 g/mol. The fourth-order valence-electron chi connectivity index (χ4n) is 1.36. The largest absolute Gasteiger partial charge is 0.398 e. The van der Waals surface area contributed by atoms with Crippen LogP contribution in [-0.4, -0.2) is 0 Å². The van der Waals surface area contributed by atoms with Crippen LogP contribution in [0, 0.1) is 0 Å². The van der Waals surface area contributed by atoms with E-state index in [0.717, 1.165) is 22.1 Å².